The maximum atomic E-state index is 11.6. The molecule has 0 aliphatic carbocycles. The highest BCUT2D eigenvalue weighted by Gasteiger charge is 2.15. The third-order valence-electron chi connectivity index (χ3n) is 4.63. The van der Waals surface area contributed by atoms with Crippen molar-refractivity contribution >= 4 is 11.9 Å². The number of benzene rings is 2. The Bertz CT molecular complexity index is 952. The number of esters is 1. The van der Waals surface area contributed by atoms with E-state index < -0.39 is 18.0 Å². The first kappa shape index (κ1) is 23.6. The number of carbonyl (C=O) groups excluding carboxylic acids is 1. The molecule has 2 atom stereocenters. The summed E-state index contributed by atoms with van der Waals surface area (Å²) in [5.74, 6) is 2.09. The maximum absolute atomic E-state index is 11.6. The summed E-state index contributed by atoms with van der Waals surface area (Å²) in [6.45, 7) is 7.70. The van der Waals surface area contributed by atoms with Crippen molar-refractivity contribution < 1.29 is 28.9 Å². The fourth-order valence-electron chi connectivity index (χ4n) is 2.65. The molecular weight excluding hydrogens is 396 g/mol. The molecule has 2 rings (SSSR count). The lowest BCUT2D eigenvalue weighted by atomic mass is 9.99. The highest BCUT2D eigenvalue weighted by Crippen LogP contribution is 2.21. The van der Waals surface area contributed by atoms with Gasteiger partial charge < -0.3 is 19.3 Å². The van der Waals surface area contributed by atoms with Crippen molar-refractivity contribution in [1.29, 1.82) is 0 Å². The summed E-state index contributed by atoms with van der Waals surface area (Å²) in [5, 5.41) is 9.18. The summed E-state index contributed by atoms with van der Waals surface area (Å²) in [4.78, 5) is 22.8. The SMILES string of the molecule is C=CC(=O)OC(COC#Cc1ccccc1C(=O)O)COc1ccc(C(C)CC)cc1. The van der Waals surface area contributed by atoms with Crippen LogP contribution in [0.1, 0.15) is 47.7 Å². The normalized spacial score (nSPS) is 11.9. The predicted octanol–water partition coefficient (Wildman–Crippen LogP) is 4.40. The Hall–Kier alpha value is -3.72. The smallest absolute Gasteiger partial charge is 0.336 e. The van der Waals surface area contributed by atoms with Crippen molar-refractivity contribution in [3.05, 3.63) is 77.9 Å². The Labute approximate surface area is 182 Å². The standard InChI is InChI=1S/C25H26O6/c1-4-18(3)19-10-12-21(13-11-19)30-17-22(31-24(26)5-2)16-29-15-14-20-8-6-7-9-23(20)25(27)28/h5-13,18,22H,2,4,16-17H2,1,3H3,(H,27,28). The first-order chi connectivity index (χ1) is 14.9. The summed E-state index contributed by atoms with van der Waals surface area (Å²) < 4.78 is 16.3. The average molecular weight is 422 g/mol. The van der Waals surface area contributed by atoms with Crippen molar-refractivity contribution in [2.45, 2.75) is 32.3 Å². The summed E-state index contributed by atoms with van der Waals surface area (Å²) >= 11 is 0. The van der Waals surface area contributed by atoms with Gasteiger partial charge in [-0.15, -0.1) is 0 Å². The van der Waals surface area contributed by atoms with Crippen LogP contribution in [0.15, 0.2) is 61.2 Å². The third-order valence-corrected chi connectivity index (χ3v) is 4.63. The number of carboxylic acids is 1. The Morgan fingerprint density at radius 3 is 2.48 bits per heavy atom. The van der Waals surface area contributed by atoms with Gasteiger partial charge in [0.2, 0.25) is 0 Å². The van der Waals surface area contributed by atoms with E-state index in [2.05, 4.69) is 32.5 Å². The summed E-state index contributed by atoms with van der Waals surface area (Å²) in [7, 11) is 0. The predicted molar refractivity (Wildman–Crippen MR) is 117 cm³/mol. The second-order valence-corrected chi connectivity index (χ2v) is 6.84. The number of hydrogen-bond acceptors (Lipinski definition) is 5. The average Bonchev–Trinajstić information content (AvgIpc) is 2.79. The van der Waals surface area contributed by atoms with Gasteiger partial charge in [-0.2, -0.15) is 0 Å². The highest BCUT2D eigenvalue weighted by molar-refractivity contribution is 5.90. The van der Waals surface area contributed by atoms with Crippen LogP contribution in [-0.4, -0.2) is 36.4 Å². The van der Waals surface area contributed by atoms with E-state index in [1.807, 2.05) is 24.3 Å². The molecule has 0 fully saturated rings. The lowest BCUT2D eigenvalue weighted by molar-refractivity contribution is -0.146. The van der Waals surface area contributed by atoms with Crippen LogP contribution in [0.4, 0.5) is 0 Å². The van der Waals surface area contributed by atoms with Crippen LogP contribution >= 0.6 is 0 Å². The minimum Gasteiger partial charge on any atom is -0.490 e. The molecule has 0 radical (unpaired) electrons. The Morgan fingerprint density at radius 2 is 1.84 bits per heavy atom. The van der Waals surface area contributed by atoms with E-state index in [1.165, 1.54) is 11.6 Å². The lowest BCUT2D eigenvalue weighted by Gasteiger charge is -2.17. The number of carbonyl (C=O) groups is 2. The Morgan fingerprint density at radius 1 is 1.13 bits per heavy atom. The zero-order chi connectivity index (χ0) is 22.6. The largest absolute Gasteiger partial charge is 0.490 e. The fourth-order valence-corrected chi connectivity index (χ4v) is 2.65. The third kappa shape index (κ3) is 7.56. The molecule has 6 nitrogen and oxygen atoms in total. The van der Waals surface area contributed by atoms with Crippen LogP contribution in [0, 0.1) is 12.0 Å². The zero-order valence-corrected chi connectivity index (χ0v) is 17.7. The molecule has 0 saturated heterocycles. The number of ether oxygens (including phenoxy) is 3. The van der Waals surface area contributed by atoms with Crippen molar-refractivity contribution in [2.24, 2.45) is 0 Å². The van der Waals surface area contributed by atoms with Gasteiger partial charge in [0.1, 0.15) is 25.1 Å². The molecule has 0 bridgehead atoms. The van der Waals surface area contributed by atoms with Crippen molar-refractivity contribution in [3.8, 4) is 17.8 Å². The minimum absolute atomic E-state index is 0.0488. The second-order valence-electron chi connectivity index (χ2n) is 6.84. The van der Waals surface area contributed by atoms with Gasteiger partial charge in [-0.1, -0.05) is 44.7 Å². The van der Waals surface area contributed by atoms with Gasteiger partial charge in [-0.05, 0) is 48.1 Å². The van der Waals surface area contributed by atoms with Crippen molar-refractivity contribution in [2.75, 3.05) is 13.2 Å². The van der Waals surface area contributed by atoms with Crippen LogP contribution in [0.2, 0.25) is 0 Å². The summed E-state index contributed by atoms with van der Waals surface area (Å²) in [6, 6.07) is 14.1. The van der Waals surface area contributed by atoms with Gasteiger partial charge in [0.15, 0.2) is 6.10 Å². The quantitative estimate of drug-likeness (QED) is 0.347. The molecule has 0 aliphatic heterocycles. The van der Waals surface area contributed by atoms with Crippen molar-refractivity contribution in [3.63, 3.8) is 0 Å². The monoisotopic (exact) mass is 422 g/mol. The zero-order valence-electron chi connectivity index (χ0n) is 17.7. The fraction of sp³-hybridized carbons (Fsp3) is 0.280. The van der Waals surface area contributed by atoms with Crippen LogP contribution in [0.3, 0.4) is 0 Å². The molecular formula is C25H26O6. The van der Waals surface area contributed by atoms with E-state index in [0.717, 1.165) is 12.5 Å². The van der Waals surface area contributed by atoms with E-state index >= 15 is 0 Å². The van der Waals surface area contributed by atoms with Gasteiger partial charge in [0, 0.05) is 11.6 Å². The van der Waals surface area contributed by atoms with Crippen molar-refractivity contribution in [1.82, 2.24) is 0 Å². The van der Waals surface area contributed by atoms with Crippen LogP contribution < -0.4 is 4.74 Å². The van der Waals surface area contributed by atoms with Gasteiger partial charge >= 0.3 is 11.9 Å². The number of hydrogen-bond donors (Lipinski definition) is 1. The molecule has 31 heavy (non-hydrogen) atoms. The molecule has 2 aromatic carbocycles. The van der Waals surface area contributed by atoms with Crippen LogP contribution in [0.5, 0.6) is 5.75 Å². The molecule has 162 valence electrons. The lowest BCUT2D eigenvalue weighted by Crippen LogP contribution is -2.28. The minimum atomic E-state index is -1.07. The van der Waals surface area contributed by atoms with E-state index in [4.69, 9.17) is 14.2 Å². The molecule has 2 unspecified atom stereocenters. The first-order valence-corrected chi connectivity index (χ1v) is 9.95. The van der Waals surface area contributed by atoms with Crippen LogP contribution in [-0.2, 0) is 14.3 Å². The molecule has 6 heteroatoms. The highest BCUT2D eigenvalue weighted by atomic mass is 16.6. The number of carboxylic acid groups (broad SMARTS) is 1. The van der Waals surface area contributed by atoms with E-state index in [1.54, 1.807) is 18.2 Å². The Balaban J connectivity index is 1.98. The van der Waals surface area contributed by atoms with Gasteiger partial charge in [-0.25, -0.2) is 9.59 Å². The van der Waals surface area contributed by atoms with E-state index in [0.29, 0.717) is 17.2 Å². The Kier molecular flexibility index (Phi) is 9.18. The molecule has 0 heterocycles. The summed E-state index contributed by atoms with van der Waals surface area (Å²) in [6.07, 6.45) is 3.85. The molecule has 0 aliphatic rings. The van der Waals surface area contributed by atoms with Gasteiger partial charge in [-0.3, -0.25) is 0 Å². The molecule has 0 saturated carbocycles. The summed E-state index contributed by atoms with van der Waals surface area (Å²) in [5.41, 5.74) is 1.63. The molecule has 2 aromatic rings. The van der Waals surface area contributed by atoms with E-state index in [-0.39, 0.29) is 18.8 Å². The number of rotatable bonds is 10. The first-order valence-electron chi connectivity index (χ1n) is 9.95. The van der Waals surface area contributed by atoms with Gasteiger partial charge in [0.05, 0.1) is 5.56 Å². The molecule has 0 spiro atoms. The number of aromatic carboxylic acids is 1. The molecule has 0 aromatic heterocycles. The topological polar surface area (TPSA) is 82.1 Å². The molecule has 1 N–H and O–H groups in total. The van der Waals surface area contributed by atoms with E-state index in [9.17, 15) is 14.7 Å². The maximum Gasteiger partial charge on any atom is 0.336 e. The van der Waals surface area contributed by atoms with Gasteiger partial charge in [0.25, 0.3) is 0 Å². The van der Waals surface area contributed by atoms with Crippen LogP contribution in [0.25, 0.3) is 0 Å². The second kappa shape index (κ2) is 12.1. The molecule has 0 amide bonds.